The van der Waals surface area contributed by atoms with Crippen LogP contribution in [0.2, 0.25) is 0 Å². The highest BCUT2D eigenvalue weighted by atomic mass is 32.2. The van der Waals surface area contributed by atoms with Crippen molar-refractivity contribution in [1.82, 2.24) is 0 Å². The fourth-order valence-electron chi connectivity index (χ4n) is 2.00. The zero-order chi connectivity index (χ0) is 12.3. The van der Waals surface area contributed by atoms with Crippen LogP contribution in [0.25, 0.3) is 0 Å². The maximum absolute atomic E-state index is 10.6. The van der Waals surface area contributed by atoms with Crippen LogP contribution < -0.4 is 5.32 Å². The minimum atomic E-state index is -0.354. The van der Waals surface area contributed by atoms with Crippen molar-refractivity contribution in [2.75, 3.05) is 16.8 Å². The average Bonchev–Trinajstić information content (AvgIpc) is 2.33. The Morgan fingerprint density at radius 2 is 2.35 bits per heavy atom. The lowest BCUT2D eigenvalue weighted by molar-refractivity contribution is -0.384. The van der Waals surface area contributed by atoms with Gasteiger partial charge in [0, 0.05) is 29.6 Å². The molecular weight excluding hydrogens is 236 g/mol. The van der Waals surface area contributed by atoms with Gasteiger partial charge in [-0.25, -0.2) is 0 Å². The van der Waals surface area contributed by atoms with Gasteiger partial charge in [0.05, 0.1) is 4.92 Å². The molecule has 92 valence electrons. The molecular formula is C12H16N2O2S. The van der Waals surface area contributed by atoms with Crippen LogP contribution in [-0.4, -0.2) is 22.5 Å². The van der Waals surface area contributed by atoms with Crippen LogP contribution in [0, 0.1) is 17.0 Å². The number of nitro benzene ring substituents is 1. The maximum atomic E-state index is 10.6. The number of thioether (sulfide) groups is 1. The fourth-order valence-corrected chi connectivity index (χ4v) is 3.07. The Hall–Kier alpha value is -1.23. The first-order valence-electron chi connectivity index (χ1n) is 5.76. The quantitative estimate of drug-likeness (QED) is 0.663. The Bertz CT molecular complexity index is 417. The van der Waals surface area contributed by atoms with E-state index in [2.05, 4.69) is 5.32 Å². The predicted molar refractivity (Wildman–Crippen MR) is 71.8 cm³/mol. The second kappa shape index (κ2) is 5.40. The fraction of sp³-hybridized carbons (Fsp3) is 0.500. The van der Waals surface area contributed by atoms with E-state index in [0.717, 1.165) is 17.0 Å². The van der Waals surface area contributed by atoms with Gasteiger partial charge < -0.3 is 5.32 Å². The van der Waals surface area contributed by atoms with Crippen molar-refractivity contribution in [3.8, 4) is 0 Å². The van der Waals surface area contributed by atoms with Crippen LogP contribution in [0.5, 0.6) is 0 Å². The van der Waals surface area contributed by atoms with Gasteiger partial charge >= 0.3 is 0 Å². The second-order valence-electron chi connectivity index (χ2n) is 4.31. The van der Waals surface area contributed by atoms with E-state index in [1.54, 1.807) is 12.1 Å². The smallest absolute Gasteiger partial charge is 0.269 e. The molecule has 0 spiro atoms. The van der Waals surface area contributed by atoms with Crippen molar-refractivity contribution in [2.45, 2.75) is 25.8 Å². The lowest BCUT2D eigenvalue weighted by Gasteiger charge is -2.24. The molecule has 1 heterocycles. The minimum absolute atomic E-state index is 0.158. The summed E-state index contributed by atoms with van der Waals surface area (Å²) >= 11 is 1.97. The van der Waals surface area contributed by atoms with Gasteiger partial charge in [-0.05, 0) is 37.1 Å². The Morgan fingerprint density at radius 1 is 1.53 bits per heavy atom. The van der Waals surface area contributed by atoms with Crippen molar-refractivity contribution in [2.24, 2.45) is 0 Å². The van der Waals surface area contributed by atoms with Crippen LogP contribution in [0.3, 0.4) is 0 Å². The number of nitrogens with zero attached hydrogens (tertiary/aromatic N) is 1. The van der Waals surface area contributed by atoms with E-state index < -0.39 is 0 Å². The highest BCUT2D eigenvalue weighted by Crippen LogP contribution is 2.25. The topological polar surface area (TPSA) is 55.2 Å². The van der Waals surface area contributed by atoms with Crippen molar-refractivity contribution in [3.63, 3.8) is 0 Å². The van der Waals surface area contributed by atoms with Crippen LogP contribution in [-0.2, 0) is 0 Å². The normalized spacial score (nSPS) is 19.9. The van der Waals surface area contributed by atoms with Gasteiger partial charge in [-0.15, -0.1) is 0 Å². The van der Waals surface area contributed by atoms with Crippen LogP contribution in [0.4, 0.5) is 11.4 Å². The molecule has 0 aromatic heterocycles. The van der Waals surface area contributed by atoms with E-state index >= 15 is 0 Å². The summed E-state index contributed by atoms with van der Waals surface area (Å²) in [5.74, 6) is 2.37. The van der Waals surface area contributed by atoms with Crippen molar-refractivity contribution in [1.29, 1.82) is 0 Å². The highest BCUT2D eigenvalue weighted by Gasteiger charge is 2.15. The zero-order valence-corrected chi connectivity index (χ0v) is 10.6. The molecule has 1 aliphatic heterocycles. The lowest BCUT2D eigenvalue weighted by atomic mass is 10.1. The standard InChI is InChI=1S/C12H16N2O2S/c1-9-7-11(14(15)16)4-5-12(9)13-10-3-2-6-17-8-10/h4-5,7,10,13H,2-3,6,8H2,1H3. The summed E-state index contributed by atoms with van der Waals surface area (Å²) in [6.45, 7) is 1.91. The molecule has 0 radical (unpaired) electrons. The van der Waals surface area contributed by atoms with Gasteiger partial charge in [-0.2, -0.15) is 11.8 Å². The average molecular weight is 252 g/mol. The number of benzene rings is 1. The Kier molecular flexibility index (Phi) is 3.89. The number of nitrogens with one attached hydrogen (secondary N) is 1. The minimum Gasteiger partial charge on any atom is -0.381 e. The van der Waals surface area contributed by atoms with E-state index in [-0.39, 0.29) is 10.6 Å². The molecule has 1 aliphatic rings. The van der Waals surface area contributed by atoms with Crippen LogP contribution >= 0.6 is 11.8 Å². The summed E-state index contributed by atoms with van der Waals surface area (Å²) < 4.78 is 0. The summed E-state index contributed by atoms with van der Waals surface area (Å²) in [6.07, 6.45) is 2.43. The van der Waals surface area contributed by atoms with E-state index in [4.69, 9.17) is 0 Å². The molecule has 1 atom stereocenters. The van der Waals surface area contributed by atoms with Crippen molar-refractivity contribution in [3.05, 3.63) is 33.9 Å². The van der Waals surface area contributed by atoms with E-state index in [1.165, 1.54) is 18.6 Å². The Balaban J connectivity index is 2.08. The van der Waals surface area contributed by atoms with Crippen LogP contribution in [0.1, 0.15) is 18.4 Å². The van der Waals surface area contributed by atoms with Gasteiger partial charge in [-0.3, -0.25) is 10.1 Å². The molecule has 0 bridgehead atoms. The first-order chi connectivity index (χ1) is 8.16. The maximum Gasteiger partial charge on any atom is 0.269 e. The number of hydrogen-bond acceptors (Lipinski definition) is 4. The van der Waals surface area contributed by atoms with E-state index in [9.17, 15) is 10.1 Å². The van der Waals surface area contributed by atoms with Gasteiger partial charge in [-0.1, -0.05) is 0 Å². The predicted octanol–water partition coefficient (Wildman–Crippen LogP) is 3.21. The zero-order valence-electron chi connectivity index (χ0n) is 9.81. The summed E-state index contributed by atoms with van der Waals surface area (Å²) in [6, 6.07) is 5.49. The SMILES string of the molecule is Cc1cc([N+](=O)[O-])ccc1NC1CCCSC1. The molecule has 0 aliphatic carbocycles. The first kappa shape index (κ1) is 12.2. The highest BCUT2D eigenvalue weighted by molar-refractivity contribution is 7.99. The van der Waals surface area contributed by atoms with Crippen LogP contribution in [0.15, 0.2) is 18.2 Å². The van der Waals surface area contributed by atoms with E-state index in [1.807, 2.05) is 24.8 Å². The third-order valence-electron chi connectivity index (χ3n) is 2.94. The monoisotopic (exact) mass is 252 g/mol. The first-order valence-corrected chi connectivity index (χ1v) is 6.91. The third kappa shape index (κ3) is 3.12. The number of hydrogen-bond donors (Lipinski definition) is 1. The summed E-state index contributed by atoms with van der Waals surface area (Å²) in [5.41, 5.74) is 2.11. The van der Waals surface area contributed by atoms with Gasteiger partial charge in [0.15, 0.2) is 0 Å². The summed E-state index contributed by atoms with van der Waals surface area (Å²) in [4.78, 5) is 10.3. The molecule has 1 N–H and O–H groups in total. The Labute approximate surface area is 105 Å². The lowest BCUT2D eigenvalue weighted by Crippen LogP contribution is -2.26. The van der Waals surface area contributed by atoms with Gasteiger partial charge in [0.1, 0.15) is 0 Å². The number of aryl methyl sites for hydroxylation is 1. The summed E-state index contributed by atoms with van der Waals surface area (Å²) in [7, 11) is 0. The van der Waals surface area contributed by atoms with Gasteiger partial charge in [0.2, 0.25) is 0 Å². The number of nitro groups is 1. The van der Waals surface area contributed by atoms with Crippen molar-refractivity contribution >= 4 is 23.1 Å². The molecule has 5 heteroatoms. The molecule has 0 saturated carbocycles. The number of non-ortho nitro benzene ring substituents is 1. The molecule has 1 unspecified atom stereocenters. The molecule has 0 amide bonds. The summed E-state index contributed by atoms with van der Waals surface area (Å²) in [5, 5.41) is 14.1. The molecule has 1 saturated heterocycles. The number of rotatable bonds is 3. The molecule has 1 aromatic rings. The second-order valence-corrected chi connectivity index (χ2v) is 5.46. The van der Waals surface area contributed by atoms with E-state index in [0.29, 0.717) is 6.04 Å². The molecule has 4 nitrogen and oxygen atoms in total. The third-order valence-corrected chi connectivity index (χ3v) is 4.16. The molecule has 2 rings (SSSR count). The van der Waals surface area contributed by atoms with Crippen molar-refractivity contribution < 1.29 is 4.92 Å². The largest absolute Gasteiger partial charge is 0.381 e. The molecule has 17 heavy (non-hydrogen) atoms. The Morgan fingerprint density at radius 3 is 2.94 bits per heavy atom. The molecule has 1 fully saturated rings. The van der Waals surface area contributed by atoms with Gasteiger partial charge in [0.25, 0.3) is 5.69 Å². The molecule has 1 aromatic carbocycles. The number of anilines is 1.